The van der Waals surface area contributed by atoms with Crippen molar-refractivity contribution in [2.45, 2.75) is 33.7 Å². The molecule has 0 spiro atoms. The Kier molecular flexibility index (Phi) is 6.09. The smallest absolute Gasteiger partial charge is 0.254 e. The fourth-order valence-corrected chi connectivity index (χ4v) is 2.12. The number of hydrogen-bond acceptors (Lipinski definition) is 4. The quantitative estimate of drug-likeness (QED) is 0.824. The van der Waals surface area contributed by atoms with Crippen molar-refractivity contribution in [3.8, 4) is 0 Å². The molecular weight excluding hydrogens is 288 g/mol. The summed E-state index contributed by atoms with van der Waals surface area (Å²) in [6, 6.07) is 8.06. The average Bonchev–Trinajstić information content (AvgIpc) is 2.53. The highest BCUT2D eigenvalue weighted by Gasteiger charge is 2.07. The third kappa shape index (κ3) is 5.70. The summed E-state index contributed by atoms with van der Waals surface area (Å²) in [5.41, 5.74) is 2.72. The highest BCUT2D eigenvalue weighted by molar-refractivity contribution is 5.93. The highest BCUT2D eigenvalue weighted by Crippen LogP contribution is 2.05. The molecular formula is C18H24N4O. The first-order valence-corrected chi connectivity index (χ1v) is 7.94. The lowest BCUT2D eigenvalue weighted by Crippen LogP contribution is -2.23. The Labute approximate surface area is 137 Å². The molecule has 5 nitrogen and oxygen atoms in total. The van der Waals surface area contributed by atoms with Gasteiger partial charge in [0.1, 0.15) is 0 Å². The molecule has 0 saturated carbocycles. The van der Waals surface area contributed by atoms with Crippen LogP contribution in [0.1, 0.15) is 41.8 Å². The molecule has 0 fully saturated rings. The number of hydrogen-bond donors (Lipinski definition) is 2. The minimum absolute atomic E-state index is 0.166. The van der Waals surface area contributed by atoms with E-state index in [1.807, 2.05) is 25.1 Å². The Balaban J connectivity index is 1.85. The maximum absolute atomic E-state index is 12.1. The van der Waals surface area contributed by atoms with Crippen molar-refractivity contribution in [2.24, 2.45) is 5.92 Å². The van der Waals surface area contributed by atoms with Crippen LogP contribution in [0, 0.1) is 12.8 Å². The van der Waals surface area contributed by atoms with Crippen LogP contribution in [-0.2, 0) is 6.54 Å². The minimum atomic E-state index is -0.166. The number of anilines is 1. The van der Waals surface area contributed by atoms with Crippen LogP contribution >= 0.6 is 0 Å². The maximum atomic E-state index is 12.1. The molecule has 0 radical (unpaired) electrons. The molecule has 2 N–H and O–H groups in total. The standard InChI is InChI=1S/C18H24N4O/c1-13(2)7-8-19-18-21-11-16(12-22-18)17(23)20-10-15-6-4-5-14(3)9-15/h4-6,9,11-13H,7-8,10H2,1-3H3,(H,20,23)(H,19,21,22). The number of benzene rings is 1. The zero-order chi connectivity index (χ0) is 16.7. The topological polar surface area (TPSA) is 66.9 Å². The SMILES string of the molecule is Cc1cccc(CNC(=O)c2cnc(NCCC(C)C)nc2)c1. The van der Waals surface area contributed by atoms with E-state index in [0.717, 1.165) is 18.5 Å². The summed E-state index contributed by atoms with van der Waals surface area (Å²) in [4.78, 5) is 20.5. The molecule has 2 rings (SSSR count). The summed E-state index contributed by atoms with van der Waals surface area (Å²) < 4.78 is 0. The Morgan fingerprint density at radius 1 is 1.22 bits per heavy atom. The molecule has 0 aliphatic rings. The predicted octanol–water partition coefficient (Wildman–Crippen LogP) is 3.17. The van der Waals surface area contributed by atoms with Gasteiger partial charge in [-0.3, -0.25) is 4.79 Å². The van der Waals surface area contributed by atoms with Crippen molar-refractivity contribution >= 4 is 11.9 Å². The molecule has 0 bridgehead atoms. The van der Waals surface area contributed by atoms with Gasteiger partial charge in [-0.2, -0.15) is 0 Å². The van der Waals surface area contributed by atoms with E-state index in [-0.39, 0.29) is 5.91 Å². The van der Waals surface area contributed by atoms with E-state index in [0.29, 0.717) is 24.0 Å². The average molecular weight is 312 g/mol. The molecule has 1 heterocycles. The van der Waals surface area contributed by atoms with Crippen molar-refractivity contribution in [3.63, 3.8) is 0 Å². The number of nitrogens with one attached hydrogen (secondary N) is 2. The highest BCUT2D eigenvalue weighted by atomic mass is 16.1. The van der Waals surface area contributed by atoms with Crippen LogP contribution in [0.4, 0.5) is 5.95 Å². The monoisotopic (exact) mass is 312 g/mol. The van der Waals surface area contributed by atoms with Crippen molar-refractivity contribution < 1.29 is 4.79 Å². The van der Waals surface area contributed by atoms with Gasteiger partial charge >= 0.3 is 0 Å². The van der Waals surface area contributed by atoms with E-state index in [1.54, 1.807) is 12.4 Å². The molecule has 0 saturated heterocycles. The molecule has 0 aliphatic carbocycles. The van der Waals surface area contributed by atoms with E-state index in [9.17, 15) is 4.79 Å². The third-order valence-electron chi connectivity index (χ3n) is 3.45. The van der Waals surface area contributed by atoms with Crippen LogP contribution < -0.4 is 10.6 Å². The number of amides is 1. The first-order chi connectivity index (χ1) is 11.0. The van der Waals surface area contributed by atoms with Gasteiger partial charge in [-0.15, -0.1) is 0 Å². The third-order valence-corrected chi connectivity index (χ3v) is 3.45. The van der Waals surface area contributed by atoms with Gasteiger partial charge in [0.05, 0.1) is 5.56 Å². The van der Waals surface area contributed by atoms with Crippen LogP contribution in [0.25, 0.3) is 0 Å². The van der Waals surface area contributed by atoms with Crippen molar-refractivity contribution in [3.05, 3.63) is 53.3 Å². The molecule has 23 heavy (non-hydrogen) atoms. The van der Waals surface area contributed by atoms with Crippen molar-refractivity contribution in [1.29, 1.82) is 0 Å². The van der Waals surface area contributed by atoms with Crippen LogP contribution in [0.5, 0.6) is 0 Å². The fraction of sp³-hybridized carbons (Fsp3) is 0.389. The van der Waals surface area contributed by atoms with Gasteiger partial charge in [0.15, 0.2) is 0 Å². The summed E-state index contributed by atoms with van der Waals surface area (Å²) in [7, 11) is 0. The Hall–Kier alpha value is -2.43. The van der Waals surface area contributed by atoms with Crippen LogP contribution in [0.3, 0.4) is 0 Å². The number of carbonyl (C=O) groups is 1. The second-order valence-corrected chi connectivity index (χ2v) is 6.08. The molecule has 5 heteroatoms. The number of rotatable bonds is 7. The van der Waals surface area contributed by atoms with Gasteiger partial charge in [-0.1, -0.05) is 43.7 Å². The lowest BCUT2D eigenvalue weighted by Gasteiger charge is -2.08. The summed E-state index contributed by atoms with van der Waals surface area (Å²) in [6.45, 7) is 7.70. The van der Waals surface area contributed by atoms with Crippen molar-refractivity contribution in [1.82, 2.24) is 15.3 Å². The molecule has 1 aromatic heterocycles. The molecule has 1 amide bonds. The molecule has 1 aromatic carbocycles. The van der Waals surface area contributed by atoms with Crippen LogP contribution in [-0.4, -0.2) is 22.4 Å². The van der Waals surface area contributed by atoms with Gasteiger partial charge in [-0.25, -0.2) is 9.97 Å². The Morgan fingerprint density at radius 3 is 2.61 bits per heavy atom. The number of aryl methyl sites for hydroxylation is 1. The first-order valence-electron chi connectivity index (χ1n) is 7.94. The number of carbonyl (C=O) groups excluding carboxylic acids is 1. The molecule has 2 aromatic rings. The lowest BCUT2D eigenvalue weighted by atomic mass is 10.1. The summed E-state index contributed by atoms with van der Waals surface area (Å²) in [6.07, 6.45) is 4.16. The molecule has 0 aliphatic heterocycles. The lowest BCUT2D eigenvalue weighted by molar-refractivity contribution is 0.0950. The van der Waals surface area contributed by atoms with Crippen LogP contribution in [0.15, 0.2) is 36.7 Å². The molecule has 122 valence electrons. The van der Waals surface area contributed by atoms with E-state index in [1.165, 1.54) is 5.56 Å². The summed E-state index contributed by atoms with van der Waals surface area (Å²) in [5.74, 6) is 1.02. The van der Waals surface area contributed by atoms with Gasteiger partial charge < -0.3 is 10.6 Å². The maximum Gasteiger partial charge on any atom is 0.254 e. The van der Waals surface area contributed by atoms with Gasteiger partial charge in [0.2, 0.25) is 5.95 Å². The predicted molar refractivity (Wildman–Crippen MR) is 92.3 cm³/mol. The zero-order valence-electron chi connectivity index (χ0n) is 14.0. The van der Waals surface area contributed by atoms with Gasteiger partial charge in [0, 0.05) is 25.5 Å². The molecule has 0 unspecified atom stereocenters. The minimum Gasteiger partial charge on any atom is -0.354 e. The largest absolute Gasteiger partial charge is 0.354 e. The zero-order valence-corrected chi connectivity index (χ0v) is 14.0. The van der Waals surface area contributed by atoms with E-state index in [4.69, 9.17) is 0 Å². The number of nitrogens with zero attached hydrogens (tertiary/aromatic N) is 2. The van der Waals surface area contributed by atoms with Gasteiger partial charge in [-0.05, 0) is 24.8 Å². The van der Waals surface area contributed by atoms with Crippen LogP contribution in [0.2, 0.25) is 0 Å². The Morgan fingerprint density at radius 2 is 1.96 bits per heavy atom. The van der Waals surface area contributed by atoms with Crippen molar-refractivity contribution in [2.75, 3.05) is 11.9 Å². The normalized spacial score (nSPS) is 10.6. The van der Waals surface area contributed by atoms with E-state index < -0.39 is 0 Å². The second kappa shape index (κ2) is 8.27. The van der Waals surface area contributed by atoms with Gasteiger partial charge in [0.25, 0.3) is 5.91 Å². The Bertz CT molecular complexity index is 638. The van der Waals surface area contributed by atoms with E-state index in [2.05, 4.69) is 40.5 Å². The number of aromatic nitrogens is 2. The van der Waals surface area contributed by atoms with E-state index >= 15 is 0 Å². The summed E-state index contributed by atoms with van der Waals surface area (Å²) in [5, 5.41) is 6.03. The first kappa shape index (κ1) is 16.9. The molecule has 0 atom stereocenters. The fourth-order valence-electron chi connectivity index (χ4n) is 2.12. The second-order valence-electron chi connectivity index (χ2n) is 6.08. The summed E-state index contributed by atoms with van der Waals surface area (Å²) >= 11 is 0.